The number of halogens is 1. The van der Waals surface area contributed by atoms with Gasteiger partial charge in [-0.05, 0) is 44.1 Å². The standard InChI is InChI=1S/C18H27ClO/c1-5-20-16-10-9-13(2)12-14(16)17(19)15-8-6-7-11-18(15,3)4/h9-10,12,15,17H,5-8,11H2,1-4H3. The molecule has 112 valence electrons. The Kier molecular flexibility index (Phi) is 5.01. The molecule has 1 aliphatic rings. The summed E-state index contributed by atoms with van der Waals surface area (Å²) in [5, 5.41) is 0.0479. The van der Waals surface area contributed by atoms with Gasteiger partial charge in [-0.2, -0.15) is 0 Å². The fourth-order valence-corrected chi connectivity index (χ4v) is 4.09. The lowest BCUT2D eigenvalue weighted by Gasteiger charge is -2.41. The highest BCUT2D eigenvalue weighted by Gasteiger charge is 2.38. The molecular formula is C18H27ClO. The minimum atomic E-state index is 0.0479. The maximum absolute atomic E-state index is 6.90. The average molecular weight is 295 g/mol. The van der Waals surface area contributed by atoms with Gasteiger partial charge in [-0.1, -0.05) is 44.4 Å². The Morgan fingerprint density at radius 2 is 2.10 bits per heavy atom. The average Bonchev–Trinajstić information content (AvgIpc) is 2.40. The van der Waals surface area contributed by atoms with Crippen molar-refractivity contribution in [2.75, 3.05) is 6.61 Å². The first kappa shape index (κ1) is 15.7. The molecule has 2 atom stereocenters. The maximum Gasteiger partial charge on any atom is 0.123 e. The number of aryl methyl sites for hydroxylation is 1. The van der Waals surface area contributed by atoms with E-state index in [4.69, 9.17) is 16.3 Å². The molecule has 1 aromatic rings. The van der Waals surface area contributed by atoms with Crippen LogP contribution in [0.2, 0.25) is 0 Å². The fourth-order valence-electron chi connectivity index (χ4n) is 3.45. The molecule has 0 N–H and O–H groups in total. The van der Waals surface area contributed by atoms with Crippen LogP contribution in [0.25, 0.3) is 0 Å². The minimum Gasteiger partial charge on any atom is -0.494 e. The highest BCUT2D eigenvalue weighted by atomic mass is 35.5. The van der Waals surface area contributed by atoms with Gasteiger partial charge in [0.05, 0.1) is 12.0 Å². The molecule has 0 amide bonds. The Morgan fingerprint density at radius 3 is 2.75 bits per heavy atom. The van der Waals surface area contributed by atoms with Gasteiger partial charge < -0.3 is 4.74 Å². The lowest BCUT2D eigenvalue weighted by Crippen LogP contribution is -2.31. The van der Waals surface area contributed by atoms with E-state index in [0.29, 0.717) is 17.9 Å². The number of hydrogen-bond acceptors (Lipinski definition) is 1. The topological polar surface area (TPSA) is 9.23 Å². The van der Waals surface area contributed by atoms with Gasteiger partial charge in [0.25, 0.3) is 0 Å². The van der Waals surface area contributed by atoms with Gasteiger partial charge in [0.1, 0.15) is 5.75 Å². The smallest absolute Gasteiger partial charge is 0.123 e. The molecule has 1 saturated carbocycles. The van der Waals surface area contributed by atoms with Crippen molar-refractivity contribution in [1.29, 1.82) is 0 Å². The van der Waals surface area contributed by atoms with Crippen LogP contribution >= 0.6 is 11.6 Å². The lowest BCUT2D eigenvalue weighted by atomic mass is 9.66. The summed E-state index contributed by atoms with van der Waals surface area (Å²) in [6.45, 7) is 9.56. The van der Waals surface area contributed by atoms with Crippen molar-refractivity contribution in [1.82, 2.24) is 0 Å². The van der Waals surface area contributed by atoms with Gasteiger partial charge in [0, 0.05) is 5.56 Å². The third kappa shape index (κ3) is 3.31. The Bertz CT molecular complexity index is 453. The van der Waals surface area contributed by atoms with Crippen LogP contribution in [-0.4, -0.2) is 6.61 Å². The summed E-state index contributed by atoms with van der Waals surface area (Å²) in [4.78, 5) is 0. The first-order valence-corrected chi connectivity index (χ1v) is 8.27. The van der Waals surface area contributed by atoms with E-state index in [0.717, 1.165) is 5.75 Å². The molecule has 0 spiro atoms. The second-order valence-electron chi connectivity index (χ2n) is 6.72. The molecule has 2 unspecified atom stereocenters. The summed E-state index contributed by atoms with van der Waals surface area (Å²) in [6.07, 6.45) is 5.13. The van der Waals surface area contributed by atoms with E-state index < -0.39 is 0 Å². The number of alkyl halides is 1. The number of rotatable bonds is 4. The Balaban J connectivity index is 2.31. The van der Waals surface area contributed by atoms with Crippen LogP contribution in [0.3, 0.4) is 0 Å². The Morgan fingerprint density at radius 1 is 1.35 bits per heavy atom. The van der Waals surface area contributed by atoms with E-state index in [1.165, 1.54) is 36.8 Å². The van der Waals surface area contributed by atoms with Gasteiger partial charge in [-0.3, -0.25) is 0 Å². The Labute approximate surface area is 128 Å². The van der Waals surface area contributed by atoms with E-state index in [-0.39, 0.29) is 5.38 Å². The summed E-state index contributed by atoms with van der Waals surface area (Å²) < 4.78 is 5.79. The molecule has 1 aromatic carbocycles. The third-order valence-electron chi connectivity index (χ3n) is 4.71. The first-order valence-electron chi connectivity index (χ1n) is 7.83. The summed E-state index contributed by atoms with van der Waals surface area (Å²) in [6, 6.07) is 6.37. The molecule has 2 heteroatoms. The van der Waals surface area contributed by atoms with Crippen LogP contribution in [0.5, 0.6) is 5.75 Å². The number of benzene rings is 1. The highest BCUT2D eigenvalue weighted by Crippen LogP contribution is 2.50. The van der Waals surface area contributed by atoms with Gasteiger partial charge in [-0.15, -0.1) is 11.6 Å². The molecular weight excluding hydrogens is 268 g/mol. The maximum atomic E-state index is 6.90. The van der Waals surface area contributed by atoms with Crippen molar-refractivity contribution in [3.63, 3.8) is 0 Å². The molecule has 0 saturated heterocycles. The molecule has 0 aromatic heterocycles. The SMILES string of the molecule is CCOc1ccc(C)cc1C(Cl)C1CCCCC1(C)C. The van der Waals surface area contributed by atoms with Crippen LogP contribution in [-0.2, 0) is 0 Å². The minimum absolute atomic E-state index is 0.0479. The van der Waals surface area contributed by atoms with Crippen LogP contribution < -0.4 is 4.74 Å². The second kappa shape index (κ2) is 6.39. The van der Waals surface area contributed by atoms with Gasteiger partial charge in [0.15, 0.2) is 0 Å². The summed E-state index contributed by atoms with van der Waals surface area (Å²) in [7, 11) is 0. The molecule has 1 aliphatic carbocycles. The zero-order valence-corrected chi connectivity index (χ0v) is 14.0. The summed E-state index contributed by atoms with van der Waals surface area (Å²) in [5.74, 6) is 1.48. The van der Waals surface area contributed by atoms with Gasteiger partial charge in [0.2, 0.25) is 0 Å². The zero-order valence-electron chi connectivity index (χ0n) is 13.2. The van der Waals surface area contributed by atoms with Crippen molar-refractivity contribution in [2.45, 2.75) is 58.8 Å². The molecule has 0 aliphatic heterocycles. The van der Waals surface area contributed by atoms with Crippen molar-refractivity contribution in [2.24, 2.45) is 11.3 Å². The molecule has 1 fully saturated rings. The van der Waals surface area contributed by atoms with Crippen molar-refractivity contribution < 1.29 is 4.74 Å². The molecule has 1 nitrogen and oxygen atoms in total. The highest BCUT2D eigenvalue weighted by molar-refractivity contribution is 6.21. The van der Waals surface area contributed by atoms with E-state index >= 15 is 0 Å². The zero-order chi connectivity index (χ0) is 14.8. The van der Waals surface area contributed by atoms with Crippen LogP contribution in [0, 0.1) is 18.3 Å². The predicted molar refractivity (Wildman–Crippen MR) is 86.7 cm³/mol. The van der Waals surface area contributed by atoms with Gasteiger partial charge in [-0.25, -0.2) is 0 Å². The molecule has 20 heavy (non-hydrogen) atoms. The third-order valence-corrected chi connectivity index (χ3v) is 5.24. The second-order valence-corrected chi connectivity index (χ2v) is 7.19. The van der Waals surface area contributed by atoms with Crippen LogP contribution in [0.15, 0.2) is 18.2 Å². The molecule has 0 radical (unpaired) electrons. The van der Waals surface area contributed by atoms with Crippen molar-refractivity contribution in [3.8, 4) is 5.75 Å². The molecule has 0 bridgehead atoms. The number of ether oxygens (including phenoxy) is 1. The van der Waals surface area contributed by atoms with Crippen molar-refractivity contribution >= 4 is 11.6 Å². The predicted octanol–water partition coefficient (Wildman–Crippen LogP) is 5.89. The Hall–Kier alpha value is -0.690. The van der Waals surface area contributed by atoms with Crippen LogP contribution in [0.4, 0.5) is 0 Å². The first-order chi connectivity index (χ1) is 9.45. The largest absolute Gasteiger partial charge is 0.494 e. The lowest BCUT2D eigenvalue weighted by molar-refractivity contribution is 0.132. The normalized spacial score (nSPS) is 23.4. The van der Waals surface area contributed by atoms with E-state index in [2.05, 4.69) is 39.0 Å². The monoisotopic (exact) mass is 294 g/mol. The van der Waals surface area contributed by atoms with E-state index in [1.54, 1.807) is 0 Å². The van der Waals surface area contributed by atoms with E-state index in [9.17, 15) is 0 Å². The number of hydrogen-bond donors (Lipinski definition) is 0. The summed E-state index contributed by atoms with van der Waals surface area (Å²) >= 11 is 6.90. The molecule has 0 heterocycles. The van der Waals surface area contributed by atoms with Gasteiger partial charge >= 0.3 is 0 Å². The fraction of sp³-hybridized carbons (Fsp3) is 0.667. The quantitative estimate of drug-likeness (QED) is 0.629. The summed E-state index contributed by atoms with van der Waals surface area (Å²) in [5.41, 5.74) is 2.74. The molecule has 2 rings (SSSR count). The van der Waals surface area contributed by atoms with E-state index in [1.807, 2.05) is 6.92 Å². The van der Waals surface area contributed by atoms with Crippen LogP contribution in [0.1, 0.15) is 63.0 Å². The van der Waals surface area contributed by atoms with Crippen molar-refractivity contribution in [3.05, 3.63) is 29.3 Å².